The van der Waals surface area contributed by atoms with E-state index in [1.165, 1.54) is 11.3 Å². The van der Waals surface area contributed by atoms with Gasteiger partial charge in [-0.25, -0.2) is 0 Å². The minimum absolute atomic E-state index is 0.0479. The van der Waals surface area contributed by atoms with Crippen LogP contribution in [0, 0.1) is 6.92 Å². The van der Waals surface area contributed by atoms with Crippen LogP contribution in [0.25, 0.3) is 0 Å². The monoisotopic (exact) mass is 294 g/mol. The van der Waals surface area contributed by atoms with Crippen molar-refractivity contribution in [3.8, 4) is 0 Å². The molecule has 1 amide bonds. The van der Waals surface area contributed by atoms with E-state index in [9.17, 15) is 4.79 Å². The Bertz CT molecular complexity index is 568. The van der Waals surface area contributed by atoms with Crippen LogP contribution in [0.5, 0.6) is 0 Å². The van der Waals surface area contributed by atoms with Crippen LogP contribution >= 0.6 is 22.9 Å². The van der Waals surface area contributed by atoms with E-state index in [0.29, 0.717) is 6.54 Å². The number of aryl methyl sites for hydroxylation is 1. The zero-order valence-corrected chi connectivity index (χ0v) is 12.1. The lowest BCUT2D eigenvalue weighted by Gasteiger charge is -2.06. The highest BCUT2D eigenvalue weighted by Crippen LogP contribution is 2.20. The second-order valence-corrected chi connectivity index (χ2v) is 6.03. The van der Waals surface area contributed by atoms with E-state index in [1.54, 1.807) is 0 Å². The molecule has 0 aliphatic heterocycles. The molecule has 100 valence electrons. The van der Waals surface area contributed by atoms with Crippen molar-refractivity contribution in [2.75, 3.05) is 11.9 Å². The quantitative estimate of drug-likeness (QED) is 0.887. The predicted molar refractivity (Wildman–Crippen MR) is 80.8 cm³/mol. The van der Waals surface area contributed by atoms with Crippen molar-refractivity contribution in [2.24, 2.45) is 0 Å². The summed E-state index contributed by atoms with van der Waals surface area (Å²) in [6.07, 6.45) is 0. The number of halogens is 1. The summed E-state index contributed by atoms with van der Waals surface area (Å²) in [6, 6.07) is 11.6. The maximum absolute atomic E-state index is 11.7. The van der Waals surface area contributed by atoms with Gasteiger partial charge in [-0.15, -0.1) is 11.3 Å². The Hall–Kier alpha value is -1.36. The summed E-state index contributed by atoms with van der Waals surface area (Å²) < 4.78 is 0.765. The fourth-order valence-electron chi connectivity index (χ4n) is 1.67. The molecule has 2 N–H and O–H groups in total. The molecule has 0 aliphatic carbocycles. The van der Waals surface area contributed by atoms with Gasteiger partial charge in [0.25, 0.3) is 0 Å². The molecule has 1 heterocycles. The molecule has 0 saturated carbocycles. The first-order valence-electron chi connectivity index (χ1n) is 5.95. The van der Waals surface area contributed by atoms with Gasteiger partial charge >= 0.3 is 0 Å². The molecule has 0 fully saturated rings. The van der Waals surface area contributed by atoms with Gasteiger partial charge in [-0.3, -0.25) is 4.79 Å². The smallest absolute Gasteiger partial charge is 0.238 e. The first-order valence-corrected chi connectivity index (χ1v) is 7.14. The van der Waals surface area contributed by atoms with Gasteiger partial charge in [0.15, 0.2) is 0 Å². The average Bonchev–Trinajstić information content (AvgIpc) is 2.75. The largest absolute Gasteiger partial charge is 0.325 e. The minimum Gasteiger partial charge on any atom is -0.325 e. The molecule has 1 aromatic carbocycles. The standard InChI is InChI=1S/C14H15ClN2OS/c1-10-3-2-4-11(7-10)17-14(18)9-16-8-12-5-6-13(15)19-12/h2-7,16H,8-9H2,1H3,(H,17,18). The molecule has 3 nitrogen and oxygen atoms in total. The van der Waals surface area contributed by atoms with Crippen molar-refractivity contribution in [3.05, 3.63) is 51.2 Å². The molecule has 0 aliphatic rings. The maximum Gasteiger partial charge on any atom is 0.238 e. The van der Waals surface area contributed by atoms with Crippen molar-refractivity contribution in [3.63, 3.8) is 0 Å². The molecule has 0 radical (unpaired) electrons. The van der Waals surface area contributed by atoms with Gasteiger partial charge in [-0.2, -0.15) is 0 Å². The summed E-state index contributed by atoms with van der Waals surface area (Å²) in [5, 5.41) is 5.94. The lowest BCUT2D eigenvalue weighted by atomic mass is 10.2. The third-order valence-corrected chi connectivity index (χ3v) is 3.75. The number of nitrogens with one attached hydrogen (secondary N) is 2. The molecule has 0 atom stereocenters. The Morgan fingerprint density at radius 1 is 1.32 bits per heavy atom. The first kappa shape index (κ1) is 14.1. The van der Waals surface area contributed by atoms with Crippen LogP contribution in [0.4, 0.5) is 5.69 Å². The summed E-state index contributed by atoms with van der Waals surface area (Å²) in [5.74, 6) is -0.0479. The highest BCUT2D eigenvalue weighted by Gasteiger charge is 2.03. The third-order valence-electron chi connectivity index (χ3n) is 2.52. The van der Waals surface area contributed by atoms with Crippen LogP contribution in [0.15, 0.2) is 36.4 Å². The lowest BCUT2D eigenvalue weighted by molar-refractivity contribution is -0.115. The van der Waals surface area contributed by atoms with E-state index in [2.05, 4.69) is 10.6 Å². The predicted octanol–water partition coefficient (Wildman–Crippen LogP) is 3.44. The molecule has 5 heteroatoms. The van der Waals surface area contributed by atoms with Gasteiger partial charge in [-0.05, 0) is 36.8 Å². The molecule has 19 heavy (non-hydrogen) atoms. The Labute approximate surface area is 121 Å². The van der Waals surface area contributed by atoms with Gasteiger partial charge in [0, 0.05) is 17.1 Å². The van der Waals surface area contributed by atoms with Crippen LogP contribution < -0.4 is 10.6 Å². The fraction of sp³-hybridized carbons (Fsp3) is 0.214. The van der Waals surface area contributed by atoms with E-state index in [-0.39, 0.29) is 12.5 Å². The molecule has 2 aromatic rings. The SMILES string of the molecule is Cc1cccc(NC(=O)CNCc2ccc(Cl)s2)c1. The highest BCUT2D eigenvalue weighted by molar-refractivity contribution is 7.16. The van der Waals surface area contributed by atoms with Crippen LogP contribution in [0.1, 0.15) is 10.4 Å². The second kappa shape index (κ2) is 6.70. The van der Waals surface area contributed by atoms with Gasteiger partial charge in [-0.1, -0.05) is 23.7 Å². The van der Waals surface area contributed by atoms with Crippen LogP contribution in [-0.2, 0) is 11.3 Å². The molecule has 0 unspecified atom stereocenters. The summed E-state index contributed by atoms with van der Waals surface area (Å²) in [7, 11) is 0. The number of amides is 1. The Morgan fingerprint density at radius 2 is 2.16 bits per heavy atom. The Kier molecular flexibility index (Phi) is 4.96. The number of hydrogen-bond acceptors (Lipinski definition) is 3. The van der Waals surface area contributed by atoms with Crippen LogP contribution in [-0.4, -0.2) is 12.5 Å². The third kappa shape index (κ3) is 4.67. The summed E-state index contributed by atoms with van der Waals surface area (Å²) in [4.78, 5) is 12.8. The second-order valence-electron chi connectivity index (χ2n) is 4.23. The normalized spacial score (nSPS) is 10.4. The minimum atomic E-state index is -0.0479. The summed E-state index contributed by atoms with van der Waals surface area (Å²) in [5.41, 5.74) is 1.95. The molecule has 0 bridgehead atoms. The van der Waals surface area contributed by atoms with Gasteiger partial charge < -0.3 is 10.6 Å². The average molecular weight is 295 g/mol. The van der Waals surface area contributed by atoms with Crippen LogP contribution in [0.2, 0.25) is 4.34 Å². The van der Waals surface area contributed by atoms with Crippen molar-refractivity contribution in [1.82, 2.24) is 5.32 Å². The van der Waals surface area contributed by atoms with Crippen molar-refractivity contribution in [1.29, 1.82) is 0 Å². The Morgan fingerprint density at radius 3 is 2.84 bits per heavy atom. The zero-order valence-electron chi connectivity index (χ0n) is 10.6. The van der Waals surface area contributed by atoms with E-state index < -0.39 is 0 Å². The topological polar surface area (TPSA) is 41.1 Å². The molecular formula is C14H15ClN2OS. The van der Waals surface area contributed by atoms with Crippen molar-refractivity contribution in [2.45, 2.75) is 13.5 Å². The lowest BCUT2D eigenvalue weighted by Crippen LogP contribution is -2.27. The van der Waals surface area contributed by atoms with E-state index in [1.807, 2.05) is 43.3 Å². The summed E-state index contributed by atoms with van der Waals surface area (Å²) >= 11 is 7.35. The molecule has 2 rings (SSSR count). The highest BCUT2D eigenvalue weighted by atomic mass is 35.5. The number of anilines is 1. The molecule has 1 aromatic heterocycles. The molecular weight excluding hydrogens is 280 g/mol. The van der Waals surface area contributed by atoms with E-state index >= 15 is 0 Å². The first-order chi connectivity index (χ1) is 9.13. The van der Waals surface area contributed by atoms with Crippen LogP contribution in [0.3, 0.4) is 0 Å². The number of thiophene rings is 1. The number of carbonyl (C=O) groups is 1. The van der Waals surface area contributed by atoms with Gasteiger partial charge in [0.1, 0.15) is 0 Å². The molecule has 0 spiro atoms. The van der Waals surface area contributed by atoms with Gasteiger partial charge in [0.05, 0.1) is 10.9 Å². The fourth-order valence-corrected chi connectivity index (χ4v) is 2.73. The van der Waals surface area contributed by atoms with Crippen molar-refractivity contribution < 1.29 is 4.79 Å². The maximum atomic E-state index is 11.7. The van der Waals surface area contributed by atoms with E-state index in [0.717, 1.165) is 20.5 Å². The Balaban J connectivity index is 1.76. The van der Waals surface area contributed by atoms with Crippen molar-refractivity contribution >= 4 is 34.5 Å². The number of carbonyl (C=O) groups excluding carboxylic acids is 1. The summed E-state index contributed by atoms with van der Waals surface area (Å²) in [6.45, 7) is 2.93. The van der Waals surface area contributed by atoms with E-state index in [4.69, 9.17) is 11.6 Å². The molecule has 0 saturated heterocycles. The van der Waals surface area contributed by atoms with Gasteiger partial charge in [0.2, 0.25) is 5.91 Å². The number of benzene rings is 1. The number of hydrogen-bond donors (Lipinski definition) is 2. The zero-order chi connectivity index (χ0) is 13.7. The number of rotatable bonds is 5.